The van der Waals surface area contributed by atoms with Gasteiger partial charge in [-0.15, -0.1) is 0 Å². The zero-order chi connectivity index (χ0) is 13.9. The Morgan fingerprint density at radius 3 is 2.25 bits per heavy atom. The fourth-order valence-corrected chi connectivity index (χ4v) is 5.69. The van der Waals surface area contributed by atoms with Gasteiger partial charge in [0.25, 0.3) is 0 Å². The molecule has 1 heterocycles. The Morgan fingerprint density at radius 2 is 1.75 bits per heavy atom. The summed E-state index contributed by atoms with van der Waals surface area (Å²) in [6.45, 7) is 2.06. The van der Waals surface area contributed by atoms with Gasteiger partial charge < -0.3 is 5.73 Å². The molecule has 2 N–H and O–H groups in total. The van der Waals surface area contributed by atoms with Crippen LogP contribution >= 0.6 is 0 Å². The van der Waals surface area contributed by atoms with E-state index in [1.165, 1.54) is 44.1 Å². The van der Waals surface area contributed by atoms with Crippen LogP contribution in [0.2, 0.25) is 0 Å². The number of hydrogen-bond donors (Lipinski definition) is 1. The number of hydrogen-bond acceptors (Lipinski definition) is 3. The zero-order valence-electron chi connectivity index (χ0n) is 12.0. The third-order valence-corrected chi connectivity index (χ3v) is 5.97. The summed E-state index contributed by atoms with van der Waals surface area (Å²) in [6.07, 6.45) is 8.21. The number of nitrogens with zero attached hydrogens (tertiary/aromatic N) is 2. The number of nitriles is 1. The molecule has 20 heavy (non-hydrogen) atoms. The van der Waals surface area contributed by atoms with Crippen LogP contribution in [0.4, 0.5) is 5.82 Å². The quantitative estimate of drug-likeness (QED) is 0.849. The van der Waals surface area contributed by atoms with Crippen LogP contribution in [-0.2, 0) is 5.41 Å². The summed E-state index contributed by atoms with van der Waals surface area (Å²) >= 11 is 0. The van der Waals surface area contributed by atoms with E-state index < -0.39 is 0 Å². The van der Waals surface area contributed by atoms with Gasteiger partial charge in [-0.25, -0.2) is 4.98 Å². The summed E-state index contributed by atoms with van der Waals surface area (Å²) in [5.41, 5.74) is 9.08. The van der Waals surface area contributed by atoms with Crippen molar-refractivity contribution in [3.05, 3.63) is 22.9 Å². The highest BCUT2D eigenvalue weighted by molar-refractivity contribution is 5.52. The first-order chi connectivity index (χ1) is 9.59. The smallest absolute Gasteiger partial charge is 0.141 e. The highest BCUT2D eigenvalue weighted by atomic mass is 14.8. The molecule has 0 spiro atoms. The van der Waals surface area contributed by atoms with Gasteiger partial charge in [0, 0.05) is 5.69 Å². The van der Waals surface area contributed by atoms with Crippen LogP contribution in [0, 0.1) is 36.0 Å². The van der Waals surface area contributed by atoms with Crippen LogP contribution in [0.1, 0.15) is 55.3 Å². The second kappa shape index (κ2) is 3.97. The van der Waals surface area contributed by atoms with Crippen molar-refractivity contribution in [3.63, 3.8) is 0 Å². The zero-order valence-corrected chi connectivity index (χ0v) is 12.0. The summed E-state index contributed by atoms with van der Waals surface area (Å²) in [4.78, 5) is 4.46. The minimum absolute atomic E-state index is 0.297. The van der Waals surface area contributed by atoms with Crippen molar-refractivity contribution in [2.45, 2.75) is 50.9 Å². The van der Waals surface area contributed by atoms with E-state index in [-0.39, 0.29) is 0 Å². The van der Waals surface area contributed by atoms with E-state index in [2.05, 4.69) is 18.0 Å². The second-order valence-corrected chi connectivity index (χ2v) is 7.36. The average molecular weight is 267 g/mol. The van der Waals surface area contributed by atoms with Crippen molar-refractivity contribution in [2.24, 2.45) is 17.8 Å². The van der Waals surface area contributed by atoms with Crippen molar-refractivity contribution in [3.8, 4) is 6.07 Å². The number of nitrogens with two attached hydrogens (primary N) is 1. The summed E-state index contributed by atoms with van der Waals surface area (Å²) in [6, 6.07) is 4.25. The number of aryl methyl sites for hydroxylation is 1. The number of pyridine rings is 1. The maximum absolute atomic E-state index is 9.25. The minimum atomic E-state index is 0.297. The standard InChI is InChI=1S/C17H21N3/c1-10-15(5-14(9-18)16(19)20-10)17-6-11-2-12(7-17)4-13(3-11)8-17/h5,11-13H,2-4,6-8H2,1H3,(H2,19,20). The van der Waals surface area contributed by atoms with Crippen molar-refractivity contribution < 1.29 is 0 Å². The van der Waals surface area contributed by atoms with Gasteiger partial charge in [-0.2, -0.15) is 5.26 Å². The van der Waals surface area contributed by atoms with E-state index >= 15 is 0 Å². The molecule has 3 nitrogen and oxygen atoms in total. The fraction of sp³-hybridized carbons (Fsp3) is 0.647. The van der Waals surface area contributed by atoms with Gasteiger partial charge in [-0.3, -0.25) is 0 Å². The summed E-state index contributed by atoms with van der Waals surface area (Å²) in [7, 11) is 0. The fourth-order valence-electron chi connectivity index (χ4n) is 5.69. The first kappa shape index (κ1) is 12.2. The maximum Gasteiger partial charge on any atom is 0.141 e. The van der Waals surface area contributed by atoms with Crippen molar-refractivity contribution in [1.29, 1.82) is 5.26 Å². The topological polar surface area (TPSA) is 62.7 Å². The van der Waals surface area contributed by atoms with Gasteiger partial charge in [0.2, 0.25) is 0 Å². The van der Waals surface area contributed by atoms with E-state index in [0.29, 0.717) is 16.8 Å². The van der Waals surface area contributed by atoms with Crippen molar-refractivity contribution in [1.82, 2.24) is 4.98 Å². The minimum Gasteiger partial charge on any atom is -0.383 e. The molecule has 4 aliphatic rings. The van der Waals surface area contributed by atoms with E-state index in [9.17, 15) is 5.26 Å². The molecule has 4 saturated carbocycles. The molecule has 4 fully saturated rings. The number of rotatable bonds is 1. The Labute approximate surface area is 120 Å². The lowest BCUT2D eigenvalue weighted by molar-refractivity contribution is -0.00563. The average Bonchev–Trinajstić information content (AvgIpc) is 2.36. The first-order valence-electron chi connectivity index (χ1n) is 7.77. The molecule has 0 amide bonds. The highest BCUT2D eigenvalue weighted by Crippen LogP contribution is 2.61. The third-order valence-electron chi connectivity index (χ3n) is 5.97. The number of nitrogen functional groups attached to an aromatic ring is 1. The Hall–Kier alpha value is -1.56. The highest BCUT2D eigenvalue weighted by Gasteiger charge is 2.52. The van der Waals surface area contributed by atoms with E-state index in [0.717, 1.165) is 23.4 Å². The summed E-state index contributed by atoms with van der Waals surface area (Å²) in [5, 5.41) is 9.25. The molecule has 5 rings (SSSR count). The molecular formula is C17H21N3. The van der Waals surface area contributed by atoms with Gasteiger partial charge >= 0.3 is 0 Å². The Kier molecular flexibility index (Phi) is 2.42. The molecule has 0 aliphatic heterocycles. The van der Waals surface area contributed by atoms with Crippen molar-refractivity contribution in [2.75, 3.05) is 5.73 Å². The maximum atomic E-state index is 9.25. The van der Waals surface area contributed by atoms with Gasteiger partial charge in [0.15, 0.2) is 0 Å². The molecular weight excluding hydrogens is 246 g/mol. The van der Waals surface area contributed by atoms with E-state index in [4.69, 9.17) is 5.73 Å². The Bertz CT molecular complexity index is 576. The molecule has 0 atom stereocenters. The van der Waals surface area contributed by atoms with Crippen molar-refractivity contribution >= 4 is 5.82 Å². The monoisotopic (exact) mass is 267 g/mol. The van der Waals surface area contributed by atoms with E-state index in [1.54, 1.807) is 0 Å². The number of aromatic nitrogens is 1. The third kappa shape index (κ3) is 1.60. The first-order valence-corrected chi connectivity index (χ1v) is 7.77. The lowest BCUT2D eigenvalue weighted by atomic mass is 9.48. The van der Waals surface area contributed by atoms with Crippen LogP contribution in [0.15, 0.2) is 6.07 Å². The van der Waals surface area contributed by atoms with Crippen LogP contribution < -0.4 is 5.73 Å². The molecule has 104 valence electrons. The molecule has 0 aromatic carbocycles. The summed E-state index contributed by atoms with van der Waals surface area (Å²) in [5.74, 6) is 3.11. The Morgan fingerprint density at radius 1 is 1.20 bits per heavy atom. The van der Waals surface area contributed by atoms with E-state index in [1.807, 2.05) is 6.07 Å². The molecule has 1 aromatic rings. The Balaban J connectivity index is 1.83. The lowest BCUT2D eigenvalue weighted by Gasteiger charge is -2.57. The predicted octanol–water partition coefficient (Wildman–Crippen LogP) is 3.31. The summed E-state index contributed by atoms with van der Waals surface area (Å²) < 4.78 is 0. The largest absolute Gasteiger partial charge is 0.383 e. The molecule has 1 aromatic heterocycles. The normalized spacial score (nSPS) is 37.9. The van der Waals surface area contributed by atoms with Gasteiger partial charge in [-0.05, 0) is 80.2 Å². The molecule has 0 radical (unpaired) electrons. The van der Waals surface area contributed by atoms with Gasteiger partial charge in [0.05, 0.1) is 5.56 Å². The molecule has 0 saturated heterocycles. The number of anilines is 1. The SMILES string of the molecule is Cc1nc(N)c(C#N)cc1C12CC3CC(CC(C3)C1)C2. The van der Waals surface area contributed by atoms with Gasteiger partial charge in [0.1, 0.15) is 11.9 Å². The molecule has 0 unspecified atom stereocenters. The van der Waals surface area contributed by atoms with Gasteiger partial charge in [-0.1, -0.05) is 0 Å². The predicted molar refractivity (Wildman–Crippen MR) is 78.0 cm³/mol. The molecule has 4 bridgehead atoms. The lowest BCUT2D eigenvalue weighted by Crippen LogP contribution is -2.49. The molecule has 3 heteroatoms. The molecule has 4 aliphatic carbocycles. The van der Waals surface area contributed by atoms with Crippen LogP contribution in [-0.4, -0.2) is 4.98 Å². The van der Waals surface area contributed by atoms with Crippen LogP contribution in [0.3, 0.4) is 0 Å². The van der Waals surface area contributed by atoms with Crippen LogP contribution in [0.5, 0.6) is 0 Å². The second-order valence-electron chi connectivity index (χ2n) is 7.36. The van der Waals surface area contributed by atoms with Crippen LogP contribution in [0.25, 0.3) is 0 Å².